The molecule has 1 aromatic carbocycles. The zero-order valence-electron chi connectivity index (χ0n) is 20.7. The van der Waals surface area contributed by atoms with Crippen LogP contribution >= 0.6 is 0 Å². The molecule has 32 heavy (non-hydrogen) atoms. The van der Waals surface area contributed by atoms with Crippen molar-refractivity contribution in [3.63, 3.8) is 0 Å². The molecule has 0 aliphatic heterocycles. The highest BCUT2D eigenvalue weighted by Crippen LogP contribution is 2.30. The number of aliphatic hydroxyl groups excluding tert-OH is 1. The number of ether oxygens (including phenoxy) is 3. The van der Waals surface area contributed by atoms with Gasteiger partial charge in [-0.1, -0.05) is 52.8 Å². The topological polar surface area (TPSA) is 72.0 Å². The molecule has 0 bridgehead atoms. The van der Waals surface area contributed by atoms with Crippen LogP contribution in [0, 0.1) is 0 Å². The molecule has 0 aliphatic carbocycles. The van der Waals surface area contributed by atoms with Crippen molar-refractivity contribution < 1.29 is 23.7 Å². The third-order valence-corrected chi connectivity index (χ3v) is 4.15. The van der Waals surface area contributed by atoms with E-state index in [1.807, 2.05) is 45.0 Å². The van der Waals surface area contributed by atoms with Gasteiger partial charge in [0.05, 0.1) is 33.7 Å². The van der Waals surface area contributed by atoms with Gasteiger partial charge in [-0.15, -0.1) is 0 Å². The Morgan fingerprint density at radius 2 is 1.88 bits per heavy atom. The van der Waals surface area contributed by atoms with Crippen LogP contribution in [0.15, 0.2) is 55.1 Å². The lowest BCUT2D eigenvalue weighted by Crippen LogP contribution is -2.36. The maximum Gasteiger partial charge on any atom is 0.163 e. The van der Waals surface area contributed by atoms with Crippen molar-refractivity contribution >= 4 is 5.69 Å². The number of halogens is 1. The standard InChI is InChI=1S/C21H34N2O4.C2H3F.C2H6/c1-6-8-9-12-27-20-13-18(10-11-19(20)26-5)22-15-21(24)23-14-17(7-2)16(3)25-4;1-2-3;1-2/h7,10-11,13,21-24H,3,6,8-9,12,14-15H2,1-2,4-5H3;2H,1H2;1-2H3/b17-7-;;. The van der Waals surface area contributed by atoms with E-state index >= 15 is 0 Å². The van der Waals surface area contributed by atoms with Gasteiger partial charge in [-0.25, -0.2) is 4.39 Å². The average molecular weight is 455 g/mol. The quantitative estimate of drug-likeness (QED) is 0.142. The van der Waals surface area contributed by atoms with Gasteiger partial charge in [-0.3, -0.25) is 5.32 Å². The maximum absolute atomic E-state index is 10.2. The van der Waals surface area contributed by atoms with Crippen LogP contribution in [0.2, 0.25) is 0 Å². The normalized spacial score (nSPS) is 11.1. The number of nitrogens with one attached hydrogen (secondary N) is 2. The molecule has 6 nitrogen and oxygen atoms in total. The molecule has 1 unspecified atom stereocenters. The largest absolute Gasteiger partial charge is 0.497 e. The van der Waals surface area contributed by atoms with Crippen LogP contribution in [0.4, 0.5) is 10.1 Å². The lowest BCUT2D eigenvalue weighted by atomic mass is 10.2. The lowest BCUT2D eigenvalue weighted by molar-refractivity contribution is 0.153. The molecular weight excluding hydrogens is 411 g/mol. The van der Waals surface area contributed by atoms with Gasteiger partial charge < -0.3 is 24.6 Å². The Morgan fingerprint density at radius 1 is 1.22 bits per heavy atom. The second kappa shape index (κ2) is 21.7. The van der Waals surface area contributed by atoms with E-state index in [2.05, 4.69) is 30.7 Å². The SMILES string of the molecule is C=C(OC)/C(=C\C)CNC(O)CNc1ccc(OC)c(OCCCCC)c1.C=CF.CC. The molecule has 0 amide bonds. The van der Waals surface area contributed by atoms with Crippen molar-refractivity contribution in [3.05, 3.63) is 55.1 Å². The summed E-state index contributed by atoms with van der Waals surface area (Å²) >= 11 is 0. The zero-order chi connectivity index (χ0) is 24.8. The smallest absolute Gasteiger partial charge is 0.163 e. The van der Waals surface area contributed by atoms with Gasteiger partial charge >= 0.3 is 0 Å². The summed E-state index contributed by atoms with van der Waals surface area (Å²) in [5.41, 5.74) is 1.76. The van der Waals surface area contributed by atoms with E-state index in [1.165, 1.54) is 0 Å². The van der Waals surface area contributed by atoms with E-state index in [1.54, 1.807) is 14.2 Å². The number of unbranched alkanes of at least 4 members (excludes halogenated alkanes) is 2. The number of hydrogen-bond donors (Lipinski definition) is 3. The van der Waals surface area contributed by atoms with E-state index in [-0.39, 0.29) is 6.33 Å². The zero-order valence-corrected chi connectivity index (χ0v) is 20.7. The van der Waals surface area contributed by atoms with E-state index in [0.717, 1.165) is 30.5 Å². The van der Waals surface area contributed by atoms with Crippen molar-refractivity contribution in [2.24, 2.45) is 0 Å². The van der Waals surface area contributed by atoms with Crippen LogP contribution in [0.3, 0.4) is 0 Å². The van der Waals surface area contributed by atoms with Gasteiger partial charge in [0.25, 0.3) is 0 Å². The number of rotatable bonds is 14. The molecule has 0 radical (unpaired) electrons. The van der Waals surface area contributed by atoms with E-state index < -0.39 is 6.23 Å². The van der Waals surface area contributed by atoms with Crippen LogP contribution in [0.1, 0.15) is 47.0 Å². The van der Waals surface area contributed by atoms with Crippen LogP contribution in [-0.4, -0.2) is 45.3 Å². The third-order valence-electron chi connectivity index (χ3n) is 4.15. The monoisotopic (exact) mass is 454 g/mol. The second-order valence-corrected chi connectivity index (χ2v) is 6.29. The summed E-state index contributed by atoms with van der Waals surface area (Å²) in [6.07, 6.45) is 4.74. The van der Waals surface area contributed by atoms with Gasteiger partial charge in [0.1, 0.15) is 12.0 Å². The highest BCUT2D eigenvalue weighted by Gasteiger charge is 2.09. The molecule has 1 atom stereocenters. The number of aliphatic hydroxyl groups is 1. The van der Waals surface area contributed by atoms with E-state index in [0.29, 0.717) is 37.0 Å². The van der Waals surface area contributed by atoms with Crippen LogP contribution < -0.4 is 20.1 Å². The first kappa shape index (κ1) is 31.7. The molecule has 0 fully saturated rings. The summed E-state index contributed by atoms with van der Waals surface area (Å²) in [6, 6.07) is 5.65. The Labute approximate surface area is 194 Å². The molecule has 7 heteroatoms. The summed E-state index contributed by atoms with van der Waals surface area (Å²) in [5.74, 6) is 1.99. The van der Waals surface area contributed by atoms with Gasteiger partial charge in [-0.2, -0.15) is 0 Å². The summed E-state index contributed by atoms with van der Waals surface area (Å²) in [7, 11) is 3.21. The fourth-order valence-electron chi connectivity index (χ4n) is 2.44. The third kappa shape index (κ3) is 14.5. The van der Waals surface area contributed by atoms with Crippen molar-refractivity contribution in [1.29, 1.82) is 0 Å². The highest BCUT2D eigenvalue weighted by atomic mass is 19.1. The molecular formula is C25H43FN2O4. The number of allylic oxidation sites excluding steroid dienone is 1. The Hall–Kier alpha value is -2.51. The molecule has 0 spiro atoms. The first-order chi connectivity index (χ1) is 15.5. The minimum atomic E-state index is -0.722. The molecule has 0 heterocycles. The highest BCUT2D eigenvalue weighted by molar-refractivity contribution is 5.54. The molecule has 0 saturated carbocycles. The van der Waals surface area contributed by atoms with Gasteiger partial charge in [-0.05, 0) is 25.5 Å². The lowest BCUT2D eigenvalue weighted by Gasteiger charge is -2.17. The minimum absolute atomic E-state index is 0.250. The van der Waals surface area contributed by atoms with Crippen LogP contribution in [-0.2, 0) is 4.74 Å². The maximum atomic E-state index is 10.2. The van der Waals surface area contributed by atoms with Gasteiger partial charge in [0.15, 0.2) is 11.5 Å². The molecule has 1 aromatic rings. The predicted molar refractivity (Wildman–Crippen MR) is 133 cm³/mol. The van der Waals surface area contributed by atoms with E-state index in [4.69, 9.17) is 14.2 Å². The van der Waals surface area contributed by atoms with E-state index in [9.17, 15) is 9.50 Å². The first-order valence-electron chi connectivity index (χ1n) is 11.0. The summed E-state index contributed by atoms with van der Waals surface area (Å²) in [4.78, 5) is 0. The summed E-state index contributed by atoms with van der Waals surface area (Å²) in [5, 5.41) is 16.4. The molecule has 0 aromatic heterocycles. The minimum Gasteiger partial charge on any atom is -0.497 e. The Bertz CT molecular complexity index is 651. The molecule has 0 saturated heterocycles. The Morgan fingerprint density at radius 3 is 2.41 bits per heavy atom. The Balaban J connectivity index is 0. The fourth-order valence-corrected chi connectivity index (χ4v) is 2.44. The number of methoxy groups -OCH3 is 2. The van der Waals surface area contributed by atoms with Crippen molar-refractivity contribution in [1.82, 2.24) is 5.32 Å². The van der Waals surface area contributed by atoms with Gasteiger partial charge in [0.2, 0.25) is 0 Å². The van der Waals surface area contributed by atoms with Crippen molar-refractivity contribution in [3.8, 4) is 11.5 Å². The molecule has 184 valence electrons. The molecule has 1 rings (SSSR count). The van der Waals surface area contributed by atoms with Gasteiger partial charge in [0, 0.05) is 23.9 Å². The predicted octanol–water partition coefficient (Wildman–Crippen LogP) is 5.82. The molecule has 0 aliphatic rings. The van der Waals surface area contributed by atoms with Crippen LogP contribution in [0.25, 0.3) is 0 Å². The number of anilines is 1. The Kier molecular flexibility index (Phi) is 21.5. The van der Waals surface area contributed by atoms with Crippen molar-refractivity contribution in [2.45, 2.75) is 53.2 Å². The van der Waals surface area contributed by atoms with Crippen molar-refractivity contribution in [2.75, 3.05) is 39.2 Å². The first-order valence-corrected chi connectivity index (χ1v) is 11.0. The number of benzene rings is 1. The summed E-state index contributed by atoms with van der Waals surface area (Å²) in [6.45, 7) is 16.1. The average Bonchev–Trinajstić information content (AvgIpc) is 2.82. The fraction of sp³-hybridized carbons (Fsp3) is 0.520. The summed E-state index contributed by atoms with van der Waals surface area (Å²) < 4.78 is 26.4. The molecule has 3 N–H and O–H groups in total. The second-order valence-electron chi connectivity index (χ2n) is 6.29. The van der Waals surface area contributed by atoms with Crippen LogP contribution in [0.5, 0.6) is 11.5 Å². The number of hydrogen-bond acceptors (Lipinski definition) is 6.